The van der Waals surface area contributed by atoms with Gasteiger partial charge in [-0.15, -0.1) is 24.8 Å². The Morgan fingerprint density at radius 1 is 0.941 bits per heavy atom. The Labute approximate surface area is 118 Å². The van der Waals surface area contributed by atoms with E-state index in [0.717, 1.165) is 11.5 Å². The minimum absolute atomic E-state index is 0. The first kappa shape index (κ1) is 15.6. The average molecular weight is 281 g/mol. The topological polar surface area (TPSA) is 15.3 Å². The van der Waals surface area contributed by atoms with E-state index in [9.17, 15) is 0 Å². The maximum atomic E-state index is 3.49. The highest BCUT2D eigenvalue weighted by atomic mass is 35.5. The molecule has 1 aliphatic carbocycles. The van der Waals surface area contributed by atoms with Crippen LogP contribution in [0, 0.1) is 5.41 Å². The van der Waals surface area contributed by atoms with E-state index in [1.165, 1.54) is 71.1 Å². The van der Waals surface area contributed by atoms with Crippen LogP contribution in [0.4, 0.5) is 0 Å². The lowest BCUT2D eigenvalue weighted by molar-refractivity contribution is 0.0818. The molecule has 3 rings (SSSR count). The molecule has 102 valence electrons. The van der Waals surface area contributed by atoms with Gasteiger partial charge in [-0.05, 0) is 57.2 Å². The number of halogens is 2. The van der Waals surface area contributed by atoms with Gasteiger partial charge in [0.05, 0.1) is 0 Å². The monoisotopic (exact) mass is 280 g/mol. The fourth-order valence-corrected chi connectivity index (χ4v) is 3.94. The van der Waals surface area contributed by atoms with E-state index in [4.69, 9.17) is 0 Å². The molecule has 3 aliphatic rings. The highest BCUT2D eigenvalue weighted by Gasteiger charge is 2.38. The summed E-state index contributed by atoms with van der Waals surface area (Å²) >= 11 is 0. The first-order valence-corrected chi connectivity index (χ1v) is 6.83. The molecule has 0 aromatic rings. The standard InChI is InChI=1S/C13H24N2.2ClH/c1-2-5-13(4-1)6-9-15(10-7-13)12-3-8-14-11-12;;/h12,14H,1-11H2;2*1H/t12-;;/m1../s1. The van der Waals surface area contributed by atoms with Crippen molar-refractivity contribution in [2.24, 2.45) is 5.41 Å². The molecule has 0 unspecified atom stereocenters. The molecule has 2 saturated heterocycles. The molecule has 0 aromatic heterocycles. The van der Waals surface area contributed by atoms with Gasteiger partial charge >= 0.3 is 0 Å². The maximum absolute atomic E-state index is 3.49. The van der Waals surface area contributed by atoms with Gasteiger partial charge in [-0.3, -0.25) is 4.90 Å². The van der Waals surface area contributed by atoms with E-state index in [1.54, 1.807) is 0 Å². The van der Waals surface area contributed by atoms with Crippen LogP contribution >= 0.6 is 24.8 Å². The molecule has 4 heteroatoms. The second-order valence-corrected chi connectivity index (χ2v) is 5.89. The second-order valence-electron chi connectivity index (χ2n) is 5.89. The summed E-state index contributed by atoms with van der Waals surface area (Å²) in [4.78, 5) is 2.75. The number of nitrogens with one attached hydrogen (secondary N) is 1. The molecular weight excluding hydrogens is 255 g/mol. The summed E-state index contributed by atoms with van der Waals surface area (Å²) in [5.41, 5.74) is 0.794. The molecule has 0 bridgehead atoms. The number of piperidine rings is 1. The molecule has 0 amide bonds. The van der Waals surface area contributed by atoms with Gasteiger partial charge in [-0.2, -0.15) is 0 Å². The molecule has 1 saturated carbocycles. The Morgan fingerprint density at radius 2 is 1.59 bits per heavy atom. The minimum Gasteiger partial charge on any atom is -0.315 e. The first-order valence-electron chi connectivity index (χ1n) is 6.83. The summed E-state index contributed by atoms with van der Waals surface area (Å²) < 4.78 is 0. The highest BCUT2D eigenvalue weighted by molar-refractivity contribution is 5.85. The summed E-state index contributed by atoms with van der Waals surface area (Å²) in [5, 5.41) is 3.49. The predicted molar refractivity (Wildman–Crippen MR) is 77.5 cm³/mol. The Bertz CT molecular complexity index is 213. The minimum atomic E-state index is 0. The van der Waals surface area contributed by atoms with Crippen molar-refractivity contribution in [3.63, 3.8) is 0 Å². The van der Waals surface area contributed by atoms with Crippen LogP contribution in [0.25, 0.3) is 0 Å². The SMILES string of the molecule is C1CCC2(C1)CCN([C@@H]1CCNC1)CC2.Cl.Cl. The van der Waals surface area contributed by atoms with Gasteiger partial charge in [0.15, 0.2) is 0 Å². The van der Waals surface area contributed by atoms with Crippen LogP contribution in [0.5, 0.6) is 0 Å². The summed E-state index contributed by atoms with van der Waals surface area (Å²) in [5.74, 6) is 0. The molecule has 0 aromatic carbocycles. The van der Waals surface area contributed by atoms with Crippen LogP contribution in [-0.2, 0) is 0 Å². The quantitative estimate of drug-likeness (QED) is 0.795. The highest BCUT2D eigenvalue weighted by Crippen LogP contribution is 2.46. The van der Waals surface area contributed by atoms with Gasteiger partial charge < -0.3 is 5.32 Å². The number of rotatable bonds is 1. The van der Waals surface area contributed by atoms with Gasteiger partial charge in [0.1, 0.15) is 0 Å². The van der Waals surface area contributed by atoms with Crippen molar-refractivity contribution >= 4 is 24.8 Å². The zero-order valence-corrected chi connectivity index (χ0v) is 12.3. The number of hydrogen-bond acceptors (Lipinski definition) is 2. The molecule has 2 aliphatic heterocycles. The fraction of sp³-hybridized carbons (Fsp3) is 1.00. The lowest BCUT2D eigenvalue weighted by Crippen LogP contribution is -2.45. The lowest BCUT2D eigenvalue weighted by atomic mass is 9.77. The second kappa shape index (κ2) is 6.60. The zero-order valence-electron chi connectivity index (χ0n) is 10.6. The van der Waals surface area contributed by atoms with Crippen molar-refractivity contribution in [2.45, 2.75) is 51.0 Å². The number of likely N-dealkylation sites (tertiary alicyclic amines) is 1. The third-order valence-electron chi connectivity index (χ3n) is 5.07. The van der Waals surface area contributed by atoms with E-state index in [2.05, 4.69) is 10.2 Å². The molecule has 0 radical (unpaired) electrons. The Hall–Kier alpha value is 0.500. The molecule has 1 spiro atoms. The van der Waals surface area contributed by atoms with Crippen LogP contribution in [0.2, 0.25) is 0 Å². The number of hydrogen-bond donors (Lipinski definition) is 1. The average Bonchev–Trinajstić information content (AvgIpc) is 2.91. The van der Waals surface area contributed by atoms with E-state index in [1.807, 2.05) is 0 Å². The smallest absolute Gasteiger partial charge is 0.0232 e. The Balaban J connectivity index is 0.000000722. The van der Waals surface area contributed by atoms with Crippen LogP contribution in [-0.4, -0.2) is 37.1 Å². The summed E-state index contributed by atoms with van der Waals surface area (Å²) in [7, 11) is 0. The molecule has 2 nitrogen and oxygen atoms in total. The van der Waals surface area contributed by atoms with Crippen LogP contribution in [0.3, 0.4) is 0 Å². The third kappa shape index (κ3) is 3.28. The maximum Gasteiger partial charge on any atom is 0.0232 e. The van der Waals surface area contributed by atoms with Crippen molar-refractivity contribution < 1.29 is 0 Å². The molecule has 1 atom stereocenters. The van der Waals surface area contributed by atoms with Gasteiger partial charge in [0, 0.05) is 12.6 Å². The largest absolute Gasteiger partial charge is 0.315 e. The summed E-state index contributed by atoms with van der Waals surface area (Å²) in [6.07, 6.45) is 10.4. The lowest BCUT2D eigenvalue weighted by Gasteiger charge is -2.41. The van der Waals surface area contributed by atoms with Crippen molar-refractivity contribution in [1.29, 1.82) is 0 Å². The Kier molecular flexibility index (Phi) is 6.04. The van der Waals surface area contributed by atoms with Crippen LogP contribution in [0.15, 0.2) is 0 Å². The summed E-state index contributed by atoms with van der Waals surface area (Å²) in [6.45, 7) is 5.25. The van der Waals surface area contributed by atoms with E-state index >= 15 is 0 Å². The van der Waals surface area contributed by atoms with Crippen molar-refractivity contribution in [1.82, 2.24) is 10.2 Å². The zero-order chi connectivity index (χ0) is 10.1. The number of nitrogens with zero attached hydrogens (tertiary/aromatic N) is 1. The van der Waals surface area contributed by atoms with Crippen molar-refractivity contribution in [2.75, 3.05) is 26.2 Å². The van der Waals surface area contributed by atoms with Gasteiger partial charge in [0.2, 0.25) is 0 Å². The Morgan fingerprint density at radius 3 is 2.12 bits per heavy atom. The van der Waals surface area contributed by atoms with Crippen LogP contribution in [0.1, 0.15) is 44.9 Å². The third-order valence-corrected chi connectivity index (χ3v) is 5.07. The van der Waals surface area contributed by atoms with Crippen LogP contribution < -0.4 is 5.32 Å². The molecule has 3 fully saturated rings. The summed E-state index contributed by atoms with van der Waals surface area (Å²) in [6, 6.07) is 0.865. The predicted octanol–water partition coefficient (Wildman–Crippen LogP) is 2.85. The fourth-order valence-electron chi connectivity index (χ4n) is 3.94. The van der Waals surface area contributed by atoms with E-state index < -0.39 is 0 Å². The normalized spacial score (nSPS) is 32.1. The van der Waals surface area contributed by atoms with Gasteiger partial charge in [0.25, 0.3) is 0 Å². The molecule has 1 N–H and O–H groups in total. The first-order chi connectivity index (χ1) is 7.38. The van der Waals surface area contributed by atoms with Crippen molar-refractivity contribution in [3.8, 4) is 0 Å². The molecule has 2 heterocycles. The van der Waals surface area contributed by atoms with Crippen molar-refractivity contribution in [3.05, 3.63) is 0 Å². The van der Waals surface area contributed by atoms with Gasteiger partial charge in [-0.1, -0.05) is 12.8 Å². The van der Waals surface area contributed by atoms with E-state index in [-0.39, 0.29) is 24.8 Å². The van der Waals surface area contributed by atoms with E-state index in [0.29, 0.717) is 0 Å². The van der Waals surface area contributed by atoms with Gasteiger partial charge in [-0.25, -0.2) is 0 Å². The molecule has 17 heavy (non-hydrogen) atoms. The molecular formula is C13H26Cl2N2.